The van der Waals surface area contributed by atoms with Crippen molar-refractivity contribution in [1.82, 2.24) is 0 Å². The maximum atomic E-state index is 13.4. The maximum absolute atomic E-state index is 13.4. The van der Waals surface area contributed by atoms with Crippen LogP contribution in [0.1, 0.15) is 11.1 Å². The molecule has 0 bridgehead atoms. The fourth-order valence-corrected chi connectivity index (χ4v) is 2.25. The first-order valence-corrected chi connectivity index (χ1v) is 6.62. The molecule has 0 atom stereocenters. The second kappa shape index (κ2) is 6.51. The highest BCUT2D eigenvalue weighted by atomic mass is 127. The zero-order valence-corrected chi connectivity index (χ0v) is 12.0. The molecule has 0 aliphatic rings. The van der Waals surface area contributed by atoms with Gasteiger partial charge in [-0.3, -0.25) is 0 Å². The van der Waals surface area contributed by atoms with E-state index in [0.717, 1.165) is 9.13 Å². The molecular formula is C14H11FINO2. The lowest BCUT2D eigenvalue weighted by atomic mass is 10.2. The van der Waals surface area contributed by atoms with Crippen molar-refractivity contribution in [2.45, 2.75) is 6.61 Å². The van der Waals surface area contributed by atoms with Crippen molar-refractivity contribution in [3.63, 3.8) is 0 Å². The minimum absolute atomic E-state index is 0.177. The van der Waals surface area contributed by atoms with Crippen LogP contribution < -0.4 is 4.74 Å². The van der Waals surface area contributed by atoms with Gasteiger partial charge in [-0.2, -0.15) is 0 Å². The molecule has 2 aromatic carbocycles. The molecule has 0 aliphatic carbocycles. The van der Waals surface area contributed by atoms with Crippen molar-refractivity contribution in [3.8, 4) is 5.75 Å². The molecule has 19 heavy (non-hydrogen) atoms. The Morgan fingerprint density at radius 3 is 2.74 bits per heavy atom. The van der Waals surface area contributed by atoms with E-state index in [-0.39, 0.29) is 12.4 Å². The third kappa shape index (κ3) is 3.66. The molecule has 0 saturated carbocycles. The monoisotopic (exact) mass is 371 g/mol. The largest absolute Gasteiger partial charge is 0.488 e. The maximum Gasteiger partial charge on any atom is 0.133 e. The number of benzene rings is 2. The summed E-state index contributed by atoms with van der Waals surface area (Å²) in [5.41, 5.74) is 1.28. The van der Waals surface area contributed by atoms with E-state index in [9.17, 15) is 4.39 Å². The molecule has 0 spiro atoms. The predicted molar refractivity (Wildman–Crippen MR) is 79.3 cm³/mol. The fourth-order valence-electron chi connectivity index (χ4n) is 1.55. The van der Waals surface area contributed by atoms with Crippen molar-refractivity contribution >= 4 is 28.8 Å². The molecule has 0 amide bonds. The molecule has 1 N–H and O–H groups in total. The summed E-state index contributed by atoms with van der Waals surface area (Å²) < 4.78 is 19.9. The van der Waals surface area contributed by atoms with Gasteiger partial charge in [0.15, 0.2) is 0 Å². The van der Waals surface area contributed by atoms with Crippen LogP contribution in [-0.4, -0.2) is 11.4 Å². The summed E-state index contributed by atoms with van der Waals surface area (Å²) in [4.78, 5) is 0. The van der Waals surface area contributed by atoms with E-state index >= 15 is 0 Å². The first-order chi connectivity index (χ1) is 9.20. The third-order valence-electron chi connectivity index (χ3n) is 2.50. The molecule has 0 unspecified atom stereocenters. The SMILES string of the molecule is O/N=C\c1ccc(OCc2ccccc2F)c(I)c1. The minimum Gasteiger partial charge on any atom is -0.488 e. The van der Waals surface area contributed by atoms with Crippen LogP contribution in [0, 0.1) is 9.39 Å². The Hall–Kier alpha value is -1.63. The zero-order chi connectivity index (χ0) is 13.7. The van der Waals surface area contributed by atoms with Crippen molar-refractivity contribution in [2.24, 2.45) is 5.16 Å². The van der Waals surface area contributed by atoms with Crippen molar-refractivity contribution in [2.75, 3.05) is 0 Å². The van der Waals surface area contributed by atoms with E-state index in [4.69, 9.17) is 9.94 Å². The lowest BCUT2D eigenvalue weighted by Crippen LogP contribution is -1.99. The number of hydrogen-bond donors (Lipinski definition) is 1. The topological polar surface area (TPSA) is 41.8 Å². The lowest BCUT2D eigenvalue weighted by Gasteiger charge is -2.09. The van der Waals surface area contributed by atoms with Gasteiger partial charge in [0.25, 0.3) is 0 Å². The number of hydrogen-bond acceptors (Lipinski definition) is 3. The first kappa shape index (κ1) is 13.8. The predicted octanol–water partition coefficient (Wildman–Crippen LogP) is 3.82. The van der Waals surface area contributed by atoms with Crippen LogP contribution in [-0.2, 0) is 6.61 Å². The van der Waals surface area contributed by atoms with Gasteiger partial charge in [0.1, 0.15) is 18.2 Å². The average molecular weight is 371 g/mol. The molecule has 98 valence electrons. The molecule has 0 fully saturated rings. The van der Waals surface area contributed by atoms with Crippen molar-refractivity contribution in [1.29, 1.82) is 0 Å². The average Bonchev–Trinajstić information content (AvgIpc) is 2.40. The van der Waals surface area contributed by atoms with Gasteiger partial charge in [-0.15, -0.1) is 0 Å². The quantitative estimate of drug-likeness (QED) is 0.384. The molecular weight excluding hydrogens is 360 g/mol. The normalized spacial score (nSPS) is 10.8. The van der Waals surface area contributed by atoms with E-state index < -0.39 is 0 Å². The van der Waals surface area contributed by atoms with Crippen LogP contribution >= 0.6 is 22.6 Å². The third-order valence-corrected chi connectivity index (χ3v) is 3.35. The summed E-state index contributed by atoms with van der Waals surface area (Å²) in [7, 11) is 0. The van der Waals surface area contributed by atoms with Gasteiger partial charge in [0, 0.05) is 5.56 Å². The van der Waals surface area contributed by atoms with Crippen molar-refractivity contribution in [3.05, 3.63) is 63.0 Å². The van der Waals surface area contributed by atoms with Crippen LogP contribution in [0.5, 0.6) is 5.75 Å². The summed E-state index contributed by atoms with van der Waals surface area (Å²) in [5, 5.41) is 11.4. The summed E-state index contributed by atoms with van der Waals surface area (Å²) in [6.07, 6.45) is 1.34. The standard InChI is InChI=1S/C14H11FINO2/c15-12-4-2-1-3-11(12)9-19-14-6-5-10(8-17-18)7-13(14)16/h1-8,18H,9H2/b17-8-. The first-order valence-electron chi connectivity index (χ1n) is 5.54. The molecule has 2 aromatic rings. The van der Waals surface area contributed by atoms with E-state index in [2.05, 4.69) is 27.7 Å². The minimum atomic E-state index is -0.276. The Bertz CT molecular complexity index is 602. The van der Waals surface area contributed by atoms with E-state index in [0.29, 0.717) is 11.3 Å². The van der Waals surface area contributed by atoms with Crippen LogP contribution in [0.2, 0.25) is 0 Å². The number of nitrogens with zero attached hydrogens (tertiary/aromatic N) is 1. The zero-order valence-electron chi connectivity index (χ0n) is 9.88. The fraction of sp³-hybridized carbons (Fsp3) is 0.0714. The molecule has 0 saturated heterocycles. The van der Waals surface area contributed by atoms with Crippen molar-refractivity contribution < 1.29 is 14.3 Å². The summed E-state index contributed by atoms with van der Waals surface area (Å²) in [6, 6.07) is 11.9. The van der Waals surface area contributed by atoms with Crippen LogP contribution in [0.15, 0.2) is 47.6 Å². The van der Waals surface area contributed by atoms with Gasteiger partial charge in [-0.05, 0) is 52.4 Å². The van der Waals surface area contributed by atoms with E-state index in [1.807, 2.05) is 6.07 Å². The number of ether oxygens (including phenoxy) is 1. The van der Waals surface area contributed by atoms with Gasteiger partial charge in [-0.25, -0.2) is 4.39 Å². The summed E-state index contributed by atoms with van der Waals surface area (Å²) in [5.74, 6) is 0.389. The molecule has 0 radical (unpaired) electrons. The van der Waals surface area contributed by atoms with Crippen LogP contribution in [0.3, 0.4) is 0 Å². The summed E-state index contributed by atoms with van der Waals surface area (Å²) in [6.45, 7) is 0.177. The highest BCUT2D eigenvalue weighted by Gasteiger charge is 2.05. The van der Waals surface area contributed by atoms with Gasteiger partial charge in [0.2, 0.25) is 0 Å². The number of rotatable bonds is 4. The Morgan fingerprint density at radius 1 is 1.26 bits per heavy atom. The molecule has 0 heterocycles. The second-order valence-corrected chi connectivity index (χ2v) is 4.98. The Morgan fingerprint density at radius 2 is 2.05 bits per heavy atom. The highest BCUT2D eigenvalue weighted by Crippen LogP contribution is 2.23. The lowest BCUT2D eigenvalue weighted by molar-refractivity contribution is 0.297. The second-order valence-electron chi connectivity index (χ2n) is 3.81. The summed E-state index contributed by atoms with van der Waals surface area (Å²) >= 11 is 2.12. The molecule has 2 rings (SSSR count). The number of oxime groups is 1. The van der Waals surface area contributed by atoms with Gasteiger partial charge in [0.05, 0.1) is 9.78 Å². The van der Waals surface area contributed by atoms with E-state index in [1.165, 1.54) is 12.3 Å². The molecule has 0 aliphatic heterocycles. The Balaban J connectivity index is 2.10. The Labute approximate surface area is 123 Å². The molecule has 5 heteroatoms. The van der Waals surface area contributed by atoms with Gasteiger partial charge >= 0.3 is 0 Å². The number of halogens is 2. The molecule has 0 aromatic heterocycles. The van der Waals surface area contributed by atoms with Crippen LogP contribution in [0.25, 0.3) is 0 Å². The molecule has 3 nitrogen and oxygen atoms in total. The van der Waals surface area contributed by atoms with Gasteiger partial charge in [-0.1, -0.05) is 23.4 Å². The Kier molecular flexibility index (Phi) is 4.73. The smallest absolute Gasteiger partial charge is 0.133 e. The highest BCUT2D eigenvalue weighted by molar-refractivity contribution is 14.1. The van der Waals surface area contributed by atoms with Crippen LogP contribution in [0.4, 0.5) is 4.39 Å². The van der Waals surface area contributed by atoms with Gasteiger partial charge < -0.3 is 9.94 Å². The van der Waals surface area contributed by atoms with E-state index in [1.54, 1.807) is 30.3 Å².